The summed E-state index contributed by atoms with van der Waals surface area (Å²) in [6, 6.07) is 12.5. The molecule has 0 fully saturated rings. The van der Waals surface area contributed by atoms with Gasteiger partial charge in [0.1, 0.15) is 5.75 Å². The van der Waals surface area contributed by atoms with E-state index in [4.69, 9.17) is 4.74 Å². The van der Waals surface area contributed by atoms with Crippen LogP contribution in [0.2, 0.25) is 0 Å². The van der Waals surface area contributed by atoms with E-state index in [0.717, 1.165) is 15.6 Å². The molecule has 0 saturated heterocycles. The van der Waals surface area contributed by atoms with Gasteiger partial charge in [-0.05, 0) is 47.5 Å². The van der Waals surface area contributed by atoms with Gasteiger partial charge in [-0.1, -0.05) is 18.2 Å². The van der Waals surface area contributed by atoms with Gasteiger partial charge in [0, 0.05) is 16.8 Å². The van der Waals surface area contributed by atoms with Crippen LogP contribution in [0.25, 0.3) is 10.1 Å². The lowest BCUT2D eigenvalue weighted by atomic mass is 10.1. The monoisotopic (exact) mass is 377 g/mol. The van der Waals surface area contributed by atoms with Gasteiger partial charge in [-0.25, -0.2) is 13.1 Å². The summed E-state index contributed by atoms with van der Waals surface area (Å²) in [5.41, 5.74) is 1.32. The highest BCUT2D eigenvalue weighted by Crippen LogP contribution is 2.30. The van der Waals surface area contributed by atoms with Gasteiger partial charge < -0.3 is 9.84 Å². The van der Waals surface area contributed by atoms with Crippen molar-refractivity contribution >= 4 is 31.4 Å². The largest absolute Gasteiger partial charge is 0.497 e. The van der Waals surface area contributed by atoms with Crippen LogP contribution in [0.5, 0.6) is 5.75 Å². The number of rotatable bonds is 6. The maximum atomic E-state index is 12.5. The van der Waals surface area contributed by atoms with Crippen molar-refractivity contribution in [3.63, 3.8) is 0 Å². The van der Waals surface area contributed by atoms with E-state index in [0.29, 0.717) is 11.3 Å². The number of methoxy groups -OCH3 is 1. The summed E-state index contributed by atoms with van der Waals surface area (Å²) in [7, 11) is -2.19. The molecule has 3 aromatic rings. The highest BCUT2D eigenvalue weighted by molar-refractivity contribution is 7.89. The first kappa shape index (κ1) is 17.9. The quantitative estimate of drug-likeness (QED) is 0.692. The number of benzene rings is 2. The zero-order valence-corrected chi connectivity index (χ0v) is 15.5. The molecule has 0 aliphatic rings. The van der Waals surface area contributed by atoms with Crippen LogP contribution in [0.4, 0.5) is 0 Å². The molecule has 7 heteroatoms. The number of ether oxygens (including phenoxy) is 1. The SMILES string of the molecule is COc1ccc(S(=O)(=O)NC[C@H](O)c2csc3ccccc23)c(C)c1. The summed E-state index contributed by atoms with van der Waals surface area (Å²) in [6.07, 6.45) is -0.913. The Morgan fingerprint density at radius 3 is 2.72 bits per heavy atom. The maximum Gasteiger partial charge on any atom is 0.240 e. The lowest BCUT2D eigenvalue weighted by Gasteiger charge is -2.14. The standard InChI is InChI=1S/C18H19NO4S2/c1-12-9-13(23-2)7-8-18(12)25(21,22)19-10-16(20)15-11-24-17-6-4-3-5-14(15)17/h3-9,11,16,19-20H,10H2,1-2H3/t16-/m0/s1. The fourth-order valence-corrected chi connectivity index (χ4v) is 4.95. The zero-order valence-electron chi connectivity index (χ0n) is 13.9. The van der Waals surface area contributed by atoms with Crippen LogP contribution in [0.1, 0.15) is 17.2 Å². The number of nitrogens with one attached hydrogen (secondary N) is 1. The molecule has 1 atom stereocenters. The van der Waals surface area contributed by atoms with Crippen LogP contribution in [-0.2, 0) is 10.0 Å². The predicted octanol–water partition coefficient (Wildman–Crippen LogP) is 3.23. The number of thiophene rings is 1. The number of hydrogen-bond acceptors (Lipinski definition) is 5. The molecular weight excluding hydrogens is 358 g/mol. The van der Waals surface area contributed by atoms with Gasteiger partial charge in [-0.3, -0.25) is 0 Å². The lowest BCUT2D eigenvalue weighted by molar-refractivity contribution is 0.184. The predicted molar refractivity (Wildman–Crippen MR) is 99.7 cm³/mol. The number of aliphatic hydroxyl groups excluding tert-OH is 1. The fourth-order valence-electron chi connectivity index (χ4n) is 2.68. The van der Waals surface area contributed by atoms with E-state index < -0.39 is 16.1 Å². The van der Waals surface area contributed by atoms with Crippen LogP contribution in [0.3, 0.4) is 0 Å². The molecule has 2 aromatic carbocycles. The minimum absolute atomic E-state index is 0.0888. The van der Waals surface area contributed by atoms with Gasteiger partial charge in [0.05, 0.1) is 18.1 Å². The average Bonchev–Trinajstić information content (AvgIpc) is 3.03. The first-order chi connectivity index (χ1) is 11.9. The van der Waals surface area contributed by atoms with Crippen molar-refractivity contribution in [3.05, 3.63) is 59.0 Å². The average molecular weight is 377 g/mol. The molecule has 0 unspecified atom stereocenters. The smallest absolute Gasteiger partial charge is 0.240 e. The second-order valence-corrected chi connectivity index (χ2v) is 8.33. The normalized spacial score (nSPS) is 13.1. The summed E-state index contributed by atoms with van der Waals surface area (Å²) < 4.78 is 33.7. The number of hydrogen-bond donors (Lipinski definition) is 2. The Labute approximate surface area is 150 Å². The molecule has 0 amide bonds. The van der Waals surface area contributed by atoms with Crippen molar-refractivity contribution in [3.8, 4) is 5.75 Å². The van der Waals surface area contributed by atoms with Gasteiger partial charge >= 0.3 is 0 Å². The molecule has 132 valence electrons. The van der Waals surface area contributed by atoms with Crippen LogP contribution in [0.15, 0.2) is 52.7 Å². The van der Waals surface area contributed by atoms with Crippen LogP contribution in [0, 0.1) is 6.92 Å². The van der Waals surface area contributed by atoms with E-state index in [1.165, 1.54) is 24.5 Å². The second-order valence-electron chi connectivity index (χ2n) is 5.69. The van der Waals surface area contributed by atoms with Gasteiger partial charge in [-0.2, -0.15) is 0 Å². The molecule has 25 heavy (non-hydrogen) atoms. The molecule has 0 saturated carbocycles. The zero-order chi connectivity index (χ0) is 18.0. The molecule has 0 aliphatic carbocycles. The van der Waals surface area contributed by atoms with Gasteiger partial charge in [-0.15, -0.1) is 11.3 Å². The van der Waals surface area contributed by atoms with Crippen molar-refractivity contribution in [1.82, 2.24) is 4.72 Å². The Kier molecular flexibility index (Phi) is 5.10. The molecular formula is C18H19NO4S2. The number of aliphatic hydroxyl groups is 1. The molecule has 0 bridgehead atoms. The van der Waals surface area contributed by atoms with Crippen molar-refractivity contribution < 1.29 is 18.3 Å². The Bertz CT molecular complexity index is 995. The Hall–Kier alpha value is -1.93. The van der Waals surface area contributed by atoms with Crippen molar-refractivity contribution in [2.45, 2.75) is 17.9 Å². The molecule has 0 spiro atoms. The number of aryl methyl sites for hydroxylation is 1. The van der Waals surface area contributed by atoms with Crippen molar-refractivity contribution in [2.75, 3.05) is 13.7 Å². The van der Waals surface area contributed by atoms with Gasteiger partial charge in [0.25, 0.3) is 0 Å². The van der Waals surface area contributed by atoms with Gasteiger partial charge in [0.15, 0.2) is 0 Å². The van der Waals surface area contributed by atoms with Crippen LogP contribution in [-0.4, -0.2) is 27.2 Å². The van der Waals surface area contributed by atoms with Gasteiger partial charge in [0.2, 0.25) is 10.0 Å². The van der Waals surface area contributed by atoms with Crippen LogP contribution < -0.4 is 9.46 Å². The van der Waals surface area contributed by atoms with E-state index in [-0.39, 0.29) is 11.4 Å². The maximum absolute atomic E-state index is 12.5. The molecule has 0 radical (unpaired) electrons. The highest BCUT2D eigenvalue weighted by Gasteiger charge is 2.20. The summed E-state index contributed by atoms with van der Waals surface area (Å²) in [4.78, 5) is 0.177. The first-order valence-electron chi connectivity index (χ1n) is 7.71. The third kappa shape index (κ3) is 3.69. The van der Waals surface area contributed by atoms with Crippen LogP contribution >= 0.6 is 11.3 Å². The van der Waals surface area contributed by atoms with E-state index in [1.807, 2.05) is 29.6 Å². The highest BCUT2D eigenvalue weighted by atomic mass is 32.2. The van der Waals surface area contributed by atoms with Crippen molar-refractivity contribution in [2.24, 2.45) is 0 Å². The third-order valence-corrected chi connectivity index (χ3v) is 6.57. The summed E-state index contributed by atoms with van der Waals surface area (Å²) >= 11 is 1.53. The topological polar surface area (TPSA) is 75.6 Å². The molecule has 3 rings (SSSR count). The summed E-state index contributed by atoms with van der Waals surface area (Å²) in [6.45, 7) is 1.62. The second kappa shape index (κ2) is 7.13. The lowest BCUT2D eigenvalue weighted by Crippen LogP contribution is -2.29. The van der Waals surface area contributed by atoms with E-state index in [9.17, 15) is 13.5 Å². The van der Waals surface area contributed by atoms with Crippen molar-refractivity contribution in [1.29, 1.82) is 0 Å². The summed E-state index contributed by atoms with van der Waals surface area (Å²) in [5.74, 6) is 0.598. The van der Waals surface area contributed by atoms with E-state index >= 15 is 0 Å². The molecule has 1 aromatic heterocycles. The third-order valence-electron chi connectivity index (χ3n) is 4.01. The molecule has 1 heterocycles. The minimum atomic E-state index is -3.72. The van der Waals surface area contributed by atoms with E-state index in [1.54, 1.807) is 19.1 Å². The first-order valence-corrected chi connectivity index (χ1v) is 10.1. The Morgan fingerprint density at radius 1 is 1.24 bits per heavy atom. The number of fused-ring (bicyclic) bond motifs is 1. The Morgan fingerprint density at radius 2 is 2.00 bits per heavy atom. The van der Waals surface area contributed by atoms with E-state index in [2.05, 4.69) is 4.72 Å². The number of sulfonamides is 1. The molecule has 2 N–H and O–H groups in total. The minimum Gasteiger partial charge on any atom is -0.497 e. The molecule has 5 nitrogen and oxygen atoms in total. The summed E-state index contributed by atoms with van der Waals surface area (Å²) in [5, 5.41) is 13.2. The Balaban J connectivity index is 1.78. The fraction of sp³-hybridized carbons (Fsp3) is 0.222. The molecule has 0 aliphatic heterocycles.